The van der Waals surface area contributed by atoms with Gasteiger partial charge >= 0.3 is 0 Å². The Kier molecular flexibility index (Phi) is 5.88. The molecule has 2 atom stereocenters. The number of hydrogen-bond acceptors (Lipinski definition) is 2. The first-order valence-electron chi connectivity index (χ1n) is 7.84. The van der Waals surface area contributed by atoms with Gasteiger partial charge in [0.25, 0.3) is 0 Å². The van der Waals surface area contributed by atoms with Crippen molar-refractivity contribution in [3.8, 4) is 0 Å². The minimum atomic E-state index is 0.355. The van der Waals surface area contributed by atoms with E-state index in [9.17, 15) is 0 Å². The van der Waals surface area contributed by atoms with Crippen molar-refractivity contribution in [3.05, 3.63) is 34.9 Å². The molecule has 0 aromatic heterocycles. The summed E-state index contributed by atoms with van der Waals surface area (Å²) in [5.74, 6) is 0.791. The van der Waals surface area contributed by atoms with Crippen LogP contribution < -0.4 is 5.32 Å². The standard InChI is InChI=1S/C17H27ClN2/c1-4-20-10-8-15(9-11-20)13(2)19-14(3)16-6-5-7-17(18)12-16/h5-7,12-15,19H,4,8-11H2,1-3H3/t13?,14-/m1/s1. The second kappa shape index (κ2) is 7.44. The first kappa shape index (κ1) is 15.8. The van der Waals surface area contributed by atoms with Crippen LogP contribution >= 0.6 is 11.6 Å². The summed E-state index contributed by atoms with van der Waals surface area (Å²) in [5, 5.41) is 4.57. The molecule has 0 radical (unpaired) electrons. The second-order valence-electron chi connectivity index (χ2n) is 6.00. The van der Waals surface area contributed by atoms with E-state index in [4.69, 9.17) is 11.6 Å². The van der Waals surface area contributed by atoms with Crippen LogP contribution in [0.5, 0.6) is 0 Å². The SMILES string of the molecule is CCN1CCC(C(C)N[C@H](C)c2cccc(Cl)c2)CC1. The minimum Gasteiger partial charge on any atom is -0.307 e. The maximum absolute atomic E-state index is 6.07. The van der Waals surface area contributed by atoms with Crippen molar-refractivity contribution in [1.29, 1.82) is 0 Å². The summed E-state index contributed by atoms with van der Waals surface area (Å²) in [6.07, 6.45) is 2.62. The maximum atomic E-state index is 6.07. The van der Waals surface area contributed by atoms with E-state index in [-0.39, 0.29) is 0 Å². The molecule has 20 heavy (non-hydrogen) atoms. The minimum absolute atomic E-state index is 0.355. The van der Waals surface area contributed by atoms with Crippen molar-refractivity contribution in [1.82, 2.24) is 10.2 Å². The highest BCUT2D eigenvalue weighted by Gasteiger charge is 2.24. The third kappa shape index (κ3) is 4.21. The van der Waals surface area contributed by atoms with Crippen LogP contribution in [0.1, 0.15) is 45.2 Å². The predicted octanol–water partition coefficient (Wildman–Crippen LogP) is 4.11. The van der Waals surface area contributed by atoms with Crippen LogP contribution in [0.25, 0.3) is 0 Å². The summed E-state index contributed by atoms with van der Waals surface area (Å²) < 4.78 is 0. The summed E-state index contributed by atoms with van der Waals surface area (Å²) in [4.78, 5) is 2.55. The molecule has 1 fully saturated rings. The topological polar surface area (TPSA) is 15.3 Å². The number of nitrogens with zero attached hydrogens (tertiary/aromatic N) is 1. The Labute approximate surface area is 128 Å². The second-order valence-corrected chi connectivity index (χ2v) is 6.44. The number of likely N-dealkylation sites (tertiary alicyclic amines) is 1. The largest absolute Gasteiger partial charge is 0.307 e. The molecule has 1 aliphatic rings. The number of hydrogen-bond donors (Lipinski definition) is 1. The Bertz CT molecular complexity index is 413. The molecular weight excluding hydrogens is 268 g/mol. The van der Waals surface area contributed by atoms with Crippen LogP contribution in [0, 0.1) is 5.92 Å². The van der Waals surface area contributed by atoms with Crippen LogP contribution in [0.2, 0.25) is 5.02 Å². The van der Waals surface area contributed by atoms with Gasteiger partial charge in [-0.15, -0.1) is 0 Å². The molecule has 2 nitrogen and oxygen atoms in total. The number of benzene rings is 1. The van der Waals surface area contributed by atoms with E-state index in [1.54, 1.807) is 0 Å². The van der Waals surface area contributed by atoms with Gasteiger partial charge in [0.15, 0.2) is 0 Å². The third-order valence-electron chi connectivity index (χ3n) is 4.65. The van der Waals surface area contributed by atoms with E-state index in [0.717, 1.165) is 10.9 Å². The highest BCUT2D eigenvalue weighted by atomic mass is 35.5. The fraction of sp³-hybridized carbons (Fsp3) is 0.647. The molecule has 0 saturated carbocycles. The lowest BCUT2D eigenvalue weighted by atomic mass is 9.89. The van der Waals surface area contributed by atoms with Crippen molar-refractivity contribution in [2.24, 2.45) is 5.92 Å². The van der Waals surface area contributed by atoms with Crippen molar-refractivity contribution in [3.63, 3.8) is 0 Å². The van der Waals surface area contributed by atoms with Gasteiger partial charge in [-0.2, -0.15) is 0 Å². The van der Waals surface area contributed by atoms with E-state index < -0.39 is 0 Å². The Morgan fingerprint density at radius 2 is 2.00 bits per heavy atom. The normalized spacial score (nSPS) is 20.8. The van der Waals surface area contributed by atoms with Gasteiger partial charge in [0.05, 0.1) is 0 Å². The molecule has 112 valence electrons. The molecule has 3 heteroatoms. The fourth-order valence-corrected chi connectivity index (χ4v) is 3.37. The van der Waals surface area contributed by atoms with E-state index in [0.29, 0.717) is 12.1 Å². The smallest absolute Gasteiger partial charge is 0.0409 e. The Balaban J connectivity index is 1.86. The first-order chi connectivity index (χ1) is 9.60. The van der Waals surface area contributed by atoms with E-state index in [1.807, 2.05) is 12.1 Å². The maximum Gasteiger partial charge on any atom is 0.0409 e. The lowest BCUT2D eigenvalue weighted by molar-refractivity contribution is 0.165. The summed E-state index contributed by atoms with van der Waals surface area (Å²) in [7, 11) is 0. The molecule has 1 aliphatic heterocycles. The van der Waals surface area contributed by atoms with Crippen LogP contribution in [0.4, 0.5) is 0 Å². The third-order valence-corrected chi connectivity index (χ3v) is 4.88. The zero-order valence-corrected chi connectivity index (χ0v) is 13.7. The molecule has 0 aliphatic carbocycles. The van der Waals surface area contributed by atoms with Crippen molar-refractivity contribution < 1.29 is 0 Å². The van der Waals surface area contributed by atoms with Gasteiger partial charge in [0.2, 0.25) is 0 Å². The number of nitrogens with one attached hydrogen (secondary N) is 1. The summed E-state index contributed by atoms with van der Waals surface area (Å²) in [6, 6.07) is 9.08. The molecule has 0 spiro atoms. The lowest BCUT2D eigenvalue weighted by Gasteiger charge is -2.35. The zero-order chi connectivity index (χ0) is 14.5. The zero-order valence-electron chi connectivity index (χ0n) is 12.9. The average molecular weight is 295 g/mol. The van der Waals surface area contributed by atoms with Crippen LogP contribution in [-0.2, 0) is 0 Å². The van der Waals surface area contributed by atoms with E-state index >= 15 is 0 Å². The van der Waals surface area contributed by atoms with Gasteiger partial charge in [0.1, 0.15) is 0 Å². The highest BCUT2D eigenvalue weighted by molar-refractivity contribution is 6.30. The lowest BCUT2D eigenvalue weighted by Crippen LogP contribution is -2.42. The first-order valence-corrected chi connectivity index (χ1v) is 8.21. The van der Waals surface area contributed by atoms with Crippen molar-refractivity contribution in [2.45, 2.75) is 45.7 Å². The van der Waals surface area contributed by atoms with Gasteiger partial charge in [-0.25, -0.2) is 0 Å². The molecule has 1 aromatic rings. The summed E-state index contributed by atoms with van der Waals surface area (Å²) in [6.45, 7) is 10.5. The Morgan fingerprint density at radius 3 is 2.60 bits per heavy atom. The van der Waals surface area contributed by atoms with Crippen LogP contribution in [-0.4, -0.2) is 30.6 Å². The Morgan fingerprint density at radius 1 is 1.30 bits per heavy atom. The van der Waals surface area contributed by atoms with Gasteiger partial charge in [-0.05, 0) is 69.9 Å². The number of rotatable bonds is 5. The molecule has 1 aromatic carbocycles. The molecular formula is C17H27ClN2. The molecule has 1 saturated heterocycles. The molecule has 1 heterocycles. The van der Waals surface area contributed by atoms with Gasteiger partial charge in [-0.1, -0.05) is 30.7 Å². The quantitative estimate of drug-likeness (QED) is 0.879. The number of halogens is 1. The number of piperidine rings is 1. The monoisotopic (exact) mass is 294 g/mol. The van der Waals surface area contributed by atoms with Crippen LogP contribution in [0.15, 0.2) is 24.3 Å². The highest BCUT2D eigenvalue weighted by Crippen LogP contribution is 2.23. The summed E-state index contributed by atoms with van der Waals surface area (Å²) in [5.41, 5.74) is 1.27. The van der Waals surface area contributed by atoms with Crippen molar-refractivity contribution >= 4 is 11.6 Å². The molecule has 1 N–H and O–H groups in total. The molecule has 2 rings (SSSR count). The predicted molar refractivity (Wildman–Crippen MR) is 87.3 cm³/mol. The fourth-order valence-electron chi connectivity index (χ4n) is 3.17. The van der Waals surface area contributed by atoms with Crippen molar-refractivity contribution in [2.75, 3.05) is 19.6 Å². The van der Waals surface area contributed by atoms with E-state index in [2.05, 4.69) is 43.1 Å². The van der Waals surface area contributed by atoms with Gasteiger partial charge < -0.3 is 10.2 Å². The van der Waals surface area contributed by atoms with E-state index in [1.165, 1.54) is 38.0 Å². The Hall–Kier alpha value is -0.570. The average Bonchev–Trinajstić information content (AvgIpc) is 2.47. The van der Waals surface area contributed by atoms with Gasteiger partial charge in [0, 0.05) is 17.1 Å². The molecule has 0 bridgehead atoms. The van der Waals surface area contributed by atoms with Gasteiger partial charge in [-0.3, -0.25) is 0 Å². The molecule has 0 amide bonds. The van der Waals surface area contributed by atoms with Crippen LogP contribution in [0.3, 0.4) is 0 Å². The molecule has 1 unspecified atom stereocenters. The summed E-state index contributed by atoms with van der Waals surface area (Å²) >= 11 is 6.07.